The number of hydrogen-bond acceptors (Lipinski definition) is 5. The first-order chi connectivity index (χ1) is 7.70. The lowest BCUT2D eigenvalue weighted by molar-refractivity contribution is 0.279. The predicted octanol–water partition coefficient (Wildman–Crippen LogP) is 3.14. The van der Waals surface area contributed by atoms with Gasteiger partial charge in [-0.3, -0.25) is 0 Å². The number of nitrogens with zero attached hydrogens (tertiary/aromatic N) is 2. The van der Waals surface area contributed by atoms with Crippen LogP contribution in [0.3, 0.4) is 0 Å². The summed E-state index contributed by atoms with van der Waals surface area (Å²) in [4.78, 5) is 5.18. The van der Waals surface area contributed by atoms with Crippen molar-refractivity contribution < 1.29 is 5.11 Å². The van der Waals surface area contributed by atoms with Crippen LogP contribution >= 0.6 is 34.9 Å². The molecule has 1 heterocycles. The lowest BCUT2D eigenvalue weighted by Crippen LogP contribution is -1.88. The van der Waals surface area contributed by atoms with E-state index in [1.54, 1.807) is 6.07 Å². The van der Waals surface area contributed by atoms with E-state index in [1.165, 1.54) is 23.3 Å². The largest absolute Gasteiger partial charge is 0.392 e. The van der Waals surface area contributed by atoms with Gasteiger partial charge in [0.15, 0.2) is 4.34 Å². The van der Waals surface area contributed by atoms with E-state index < -0.39 is 0 Å². The topological polar surface area (TPSA) is 46.0 Å². The van der Waals surface area contributed by atoms with Crippen molar-refractivity contribution in [2.75, 3.05) is 0 Å². The fourth-order valence-electron chi connectivity index (χ4n) is 1.20. The first-order valence-corrected chi connectivity index (χ1v) is 6.54. The highest BCUT2D eigenvalue weighted by Crippen LogP contribution is 2.34. The van der Waals surface area contributed by atoms with Crippen molar-refractivity contribution in [3.63, 3.8) is 0 Å². The number of benzene rings is 1. The minimum Gasteiger partial charge on any atom is -0.392 e. The molecule has 0 fully saturated rings. The summed E-state index contributed by atoms with van der Waals surface area (Å²) in [6.07, 6.45) is 0. The smallest absolute Gasteiger partial charge is 0.174 e. The van der Waals surface area contributed by atoms with E-state index in [0.29, 0.717) is 5.02 Å². The number of aromatic nitrogens is 2. The van der Waals surface area contributed by atoms with Crippen LogP contribution in [-0.4, -0.2) is 14.5 Å². The van der Waals surface area contributed by atoms with Gasteiger partial charge in [0, 0.05) is 15.5 Å². The molecule has 2 rings (SSSR count). The zero-order valence-electron chi connectivity index (χ0n) is 8.48. The van der Waals surface area contributed by atoms with Crippen LogP contribution in [0, 0.1) is 6.92 Å². The molecule has 0 saturated heterocycles. The summed E-state index contributed by atoms with van der Waals surface area (Å²) in [7, 11) is 0. The summed E-state index contributed by atoms with van der Waals surface area (Å²) in [5.41, 5.74) is 0.738. The lowest BCUT2D eigenvalue weighted by Gasteiger charge is -2.06. The van der Waals surface area contributed by atoms with Crippen LogP contribution in [0.5, 0.6) is 0 Å². The highest BCUT2D eigenvalue weighted by molar-refractivity contribution is 8.01. The minimum atomic E-state index is -0.0697. The molecule has 2 aromatic rings. The van der Waals surface area contributed by atoms with Crippen molar-refractivity contribution >= 4 is 34.9 Å². The molecule has 0 aliphatic rings. The molecule has 1 aromatic carbocycles. The molecule has 0 atom stereocenters. The molecule has 0 aliphatic carbocycles. The summed E-state index contributed by atoms with van der Waals surface area (Å²) >= 11 is 8.82. The van der Waals surface area contributed by atoms with Crippen LogP contribution in [0.15, 0.2) is 27.4 Å². The number of rotatable bonds is 3. The highest BCUT2D eigenvalue weighted by atomic mass is 35.5. The van der Waals surface area contributed by atoms with Crippen LogP contribution in [0.2, 0.25) is 5.02 Å². The molecule has 0 unspecified atom stereocenters. The molecule has 1 N–H and O–H groups in total. The Bertz CT molecular complexity index is 501. The maximum absolute atomic E-state index is 9.25. The fraction of sp³-hybridized carbons (Fsp3) is 0.200. The van der Waals surface area contributed by atoms with Gasteiger partial charge in [0.1, 0.15) is 5.82 Å². The van der Waals surface area contributed by atoms with Gasteiger partial charge in [-0.15, -0.1) is 0 Å². The second-order valence-corrected chi connectivity index (χ2v) is 5.53. The second-order valence-electron chi connectivity index (χ2n) is 3.08. The van der Waals surface area contributed by atoms with E-state index in [9.17, 15) is 5.11 Å². The molecule has 0 bridgehead atoms. The van der Waals surface area contributed by atoms with Gasteiger partial charge >= 0.3 is 0 Å². The molecule has 3 nitrogen and oxygen atoms in total. The summed E-state index contributed by atoms with van der Waals surface area (Å²) < 4.78 is 4.96. The Morgan fingerprint density at radius 1 is 1.50 bits per heavy atom. The maximum atomic E-state index is 9.25. The van der Waals surface area contributed by atoms with E-state index >= 15 is 0 Å². The van der Waals surface area contributed by atoms with Gasteiger partial charge in [-0.2, -0.15) is 4.37 Å². The van der Waals surface area contributed by atoms with Gasteiger partial charge in [-0.05, 0) is 30.6 Å². The van der Waals surface area contributed by atoms with Crippen molar-refractivity contribution in [1.29, 1.82) is 0 Å². The zero-order chi connectivity index (χ0) is 11.5. The summed E-state index contributed by atoms with van der Waals surface area (Å²) in [6, 6.07) is 5.54. The van der Waals surface area contributed by atoms with Gasteiger partial charge < -0.3 is 5.11 Å². The van der Waals surface area contributed by atoms with Crippen molar-refractivity contribution in [3.05, 3.63) is 34.6 Å². The number of halogens is 1. The van der Waals surface area contributed by atoms with Crippen LogP contribution in [-0.2, 0) is 6.61 Å². The lowest BCUT2D eigenvalue weighted by atomic mass is 10.2. The van der Waals surface area contributed by atoms with E-state index in [-0.39, 0.29) is 6.61 Å². The summed E-state index contributed by atoms with van der Waals surface area (Å²) in [6.45, 7) is 1.78. The van der Waals surface area contributed by atoms with Crippen LogP contribution in [0.1, 0.15) is 11.4 Å². The zero-order valence-corrected chi connectivity index (χ0v) is 10.9. The maximum Gasteiger partial charge on any atom is 0.174 e. The Labute approximate surface area is 107 Å². The van der Waals surface area contributed by atoms with Gasteiger partial charge in [0.05, 0.1) is 6.61 Å². The molecule has 0 spiro atoms. The van der Waals surface area contributed by atoms with Crippen LogP contribution in [0.25, 0.3) is 0 Å². The number of hydrogen-bond donors (Lipinski definition) is 1. The number of aliphatic hydroxyl groups excluding tert-OH is 1. The molecule has 16 heavy (non-hydrogen) atoms. The minimum absolute atomic E-state index is 0.0697. The first-order valence-electron chi connectivity index (χ1n) is 4.57. The molecular formula is C10H9ClN2OS2. The van der Waals surface area contributed by atoms with E-state index in [4.69, 9.17) is 11.6 Å². The Morgan fingerprint density at radius 2 is 2.31 bits per heavy atom. The quantitative estimate of drug-likeness (QED) is 0.932. The van der Waals surface area contributed by atoms with E-state index in [1.807, 2.05) is 19.1 Å². The third-order valence-electron chi connectivity index (χ3n) is 1.94. The number of aliphatic hydroxyl groups is 1. The molecule has 0 saturated carbocycles. The van der Waals surface area contributed by atoms with E-state index in [2.05, 4.69) is 9.36 Å². The fourth-order valence-corrected chi connectivity index (χ4v) is 3.26. The SMILES string of the molecule is Cc1nsc(Sc2cccc(Cl)c2CO)n1. The Morgan fingerprint density at radius 3 is 2.94 bits per heavy atom. The predicted molar refractivity (Wildman–Crippen MR) is 66.1 cm³/mol. The molecular weight excluding hydrogens is 264 g/mol. The van der Waals surface area contributed by atoms with Crippen molar-refractivity contribution in [2.45, 2.75) is 22.8 Å². The third-order valence-corrected chi connectivity index (χ3v) is 4.24. The van der Waals surface area contributed by atoms with Gasteiger partial charge in [-0.25, -0.2) is 4.98 Å². The van der Waals surface area contributed by atoms with E-state index in [0.717, 1.165) is 20.6 Å². The Kier molecular flexibility index (Phi) is 3.81. The first kappa shape index (κ1) is 11.9. The number of aryl methyl sites for hydroxylation is 1. The molecule has 0 aliphatic heterocycles. The van der Waals surface area contributed by atoms with Gasteiger partial charge in [0.2, 0.25) is 0 Å². The molecule has 0 amide bonds. The molecule has 1 aromatic heterocycles. The van der Waals surface area contributed by atoms with Crippen molar-refractivity contribution in [3.8, 4) is 0 Å². The third kappa shape index (κ3) is 2.55. The summed E-state index contributed by atoms with van der Waals surface area (Å²) in [5.74, 6) is 0.764. The standard InChI is InChI=1S/C10H9ClN2OS2/c1-6-12-10(16-13-6)15-9-4-2-3-8(11)7(9)5-14/h2-4,14H,5H2,1H3. The Hall–Kier alpha value is -0.620. The molecule has 0 radical (unpaired) electrons. The Balaban J connectivity index is 2.30. The average Bonchev–Trinajstić information content (AvgIpc) is 2.64. The normalized spacial score (nSPS) is 10.7. The average molecular weight is 273 g/mol. The monoisotopic (exact) mass is 272 g/mol. The molecule has 6 heteroatoms. The summed E-state index contributed by atoms with van der Waals surface area (Å²) in [5, 5.41) is 9.83. The van der Waals surface area contributed by atoms with Crippen molar-refractivity contribution in [1.82, 2.24) is 9.36 Å². The van der Waals surface area contributed by atoms with Crippen LogP contribution < -0.4 is 0 Å². The molecule has 84 valence electrons. The van der Waals surface area contributed by atoms with Gasteiger partial charge in [-0.1, -0.05) is 29.4 Å². The second kappa shape index (κ2) is 5.14. The van der Waals surface area contributed by atoms with Crippen molar-refractivity contribution in [2.24, 2.45) is 0 Å². The highest BCUT2D eigenvalue weighted by Gasteiger charge is 2.09. The van der Waals surface area contributed by atoms with Gasteiger partial charge in [0.25, 0.3) is 0 Å². The van der Waals surface area contributed by atoms with Crippen LogP contribution in [0.4, 0.5) is 0 Å².